The average Bonchev–Trinajstić information content (AvgIpc) is 2.65. The second kappa shape index (κ2) is 21.2. The third kappa shape index (κ3) is 22.9. The van der Waals surface area contributed by atoms with Crippen LogP contribution in [0.4, 0.5) is 9.18 Å². The van der Waals surface area contributed by atoms with E-state index in [4.69, 9.17) is 39.3 Å². The number of amides is 1. The van der Waals surface area contributed by atoms with E-state index in [1.54, 1.807) is 0 Å². The van der Waals surface area contributed by atoms with E-state index in [9.17, 15) is 9.18 Å². The van der Waals surface area contributed by atoms with E-state index < -0.39 is 12.3 Å². The molecule has 1 atom stereocenters. The number of alkyl halides is 1. The predicted octanol–water partition coefficient (Wildman–Crippen LogP) is -0.350. The Bertz CT molecular complexity index is 329. The van der Waals surface area contributed by atoms with Crippen LogP contribution in [0.3, 0.4) is 0 Å². The van der Waals surface area contributed by atoms with Crippen molar-refractivity contribution in [1.82, 2.24) is 5.32 Å². The number of ether oxygens (including phenoxy) is 6. The number of hydrogen-bond acceptors (Lipinski definition) is 8. The first-order chi connectivity index (χ1) is 13.2. The normalized spacial score (nSPS) is 12.2. The van der Waals surface area contributed by atoms with Crippen molar-refractivity contribution in [3.8, 4) is 0 Å². The zero-order valence-electron chi connectivity index (χ0n) is 15.7. The molecule has 0 aliphatic heterocycles. The van der Waals surface area contributed by atoms with E-state index in [2.05, 4.69) is 5.32 Å². The van der Waals surface area contributed by atoms with Gasteiger partial charge in [-0.25, -0.2) is 9.18 Å². The monoisotopic (exact) mass is 400 g/mol. The van der Waals surface area contributed by atoms with Crippen LogP contribution in [0, 0.1) is 0 Å². The lowest BCUT2D eigenvalue weighted by Crippen LogP contribution is -2.25. The summed E-state index contributed by atoms with van der Waals surface area (Å²) in [6.07, 6.45) is -2.19. The van der Waals surface area contributed by atoms with Crippen molar-refractivity contribution in [3.63, 3.8) is 0 Å². The van der Waals surface area contributed by atoms with Gasteiger partial charge in [-0.2, -0.15) is 0 Å². The van der Waals surface area contributed by atoms with Gasteiger partial charge in [0.25, 0.3) is 0 Å². The highest BCUT2D eigenvalue weighted by Gasteiger charge is 2.02. The molecule has 4 N–H and O–H groups in total. The van der Waals surface area contributed by atoms with Crippen LogP contribution in [-0.2, 0) is 28.4 Å². The first kappa shape index (κ1) is 25.9. The van der Waals surface area contributed by atoms with E-state index >= 15 is 0 Å². The van der Waals surface area contributed by atoms with E-state index in [0.29, 0.717) is 72.7 Å². The van der Waals surface area contributed by atoms with Gasteiger partial charge in [0, 0.05) is 13.1 Å². The lowest BCUT2D eigenvalue weighted by molar-refractivity contribution is -0.0188. The number of carboxylic acid groups (broad SMARTS) is 1. The zero-order valence-corrected chi connectivity index (χ0v) is 15.7. The molecule has 0 aromatic carbocycles. The van der Waals surface area contributed by atoms with Gasteiger partial charge in [-0.15, -0.1) is 0 Å². The van der Waals surface area contributed by atoms with Gasteiger partial charge >= 0.3 is 6.09 Å². The molecular weight excluding hydrogens is 367 g/mol. The van der Waals surface area contributed by atoms with Crippen molar-refractivity contribution in [2.45, 2.75) is 6.17 Å². The molecule has 162 valence electrons. The molecule has 0 aromatic heterocycles. The summed E-state index contributed by atoms with van der Waals surface area (Å²) in [5, 5.41) is 10.5. The zero-order chi connectivity index (χ0) is 20.0. The molecule has 0 saturated carbocycles. The van der Waals surface area contributed by atoms with Gasteiger partial charge in [0.2, 0.25) is 0 Å². The third-order valence-electron chi connectivity index (χ3n) is 2.94. The molecule has 27 heavy (non-hydrogen) atoms. The van der Waals surface area contributed by atoms with Crippen molar-refractivity contribution in [1.29, 1.82) is 0 Å². The van der Waals surface area contributed by atoms with Gasteiger partial charge in [-0.1, -0.05) is 0 Å². The topological polar surface area (TPSA) is 131 Å². The van der Waals surface area contributed by atoms with Gasteiger partial charge in [-0.05, 0) is 0 Å². The molecular formula is C16H33FN2O8. The molecule has 0 aliphatic carbocycles. The van der Waals surface area contributed by atoms with Crippen molar-refractivity contribution < 1.29 is 42.7 Å². The number of nitrogens with two attached hydrogens (primary N) is 1. The molecule has 0 saturated heterocycles. The Morgan fingerprint density at radius 2 is 1.15 bits per heavy atom. The van der Waals surface area contributed by atoms with Crippen LogP contribution in [0.5, 0.6) is 0 Å². The van der Waals surface area contributed by atoms with Crippen LogP contribution in [-0.4, -0.2) is 110 Å². The summed E-state index contributed by atoms with van der Waals surface area (Å²) in [5.41, 5.74) is 5.12. The van der Waals surface area contributed by atoms with Gasteiger partial charge in [0.05, 0.1) is 79.3 Å². The molecule has 11 heteroatoms. The largest absolute Gasteiger partial charge is 0.465 e. The fourth-order valence-corrected chi connectivity index (χ4v) is 1.61. The highest BCUT2D eigenvalue weighted by molar-refractivity contribution is 5.64. The Morgan fingerprint density at radius 1 is 0.778 bits per heavy atom. The molecule has 0 bridgehead atoms. The van der Waals surface area contributed by atoms with E-state index in [1.807, 2.05) is 0 Å². The predicted molar refractivity (Wildman–Crippen MR) is 94.9 cm³/mol. The number of halogens is 1. The summed E-state index contributed by atoms with van der Waals surface area (Å²) in [6.45, 7) is 4.76. The van der Waals surface area contributed by atoms with Gasteiger partial charge < -0.3 is 44.6 Å². The molecule has 0 heterocycles. The fraction of sp³-hybridized carbons (Fsp3) is 0.938. The maximum absolute atomic E-state index is 12.7. The summed E-state index contributed by atoms with van der Waals surface area (Å²) in [4.78, 5) is 10.2. The standard InChI is InChI=1S/C16H33FN2O8/c17-15(13-18)14-27-12-11-26-10-9-25-8-7-24-6-5-23-4-3-22-2-1-19-16(20)21/h15,19H,1-14,18H2,(H,20,21). The van der Waals surface area contributed by atoms with Crippen molar-refractivity contribution in [2.24, 2.45) is 5.73 Å². The summed E-state index contributed by atoms with van der Waals surface area (Å²) >= 11 is 0. The molecule has 1 amide bonds. The Morgan fingerprint density at radius 3 is 1.52 bits per heavy atom. The third-order valence-corrected chi connectivity index (χ3v) is 2.94. The van der Waals surface area contributed by atoms with Crippen LogP contribution in [0.25, 0.3) is 0 Å². The van der Waals surface area contributed by atoms with Gasteiger partial charge in [-0.3, -0.25) is 0 Å². The molecule has 10 nitrogen and oxygen atoms in total. The summed E-state index contributed by atoms with van der Waals surface area (Å²) in [6, 6.07) is 0. The van der Waals surface area contributed by atoms with Crippen LogP contribution in [0.1, 0.15) is 0 Å². The quantitative estimate of drug-likeness (QED) is 0.221. The number of nitrogens with one attached hydrogen (secondary N) is 1. The fourth-order valence-electron chi connectivity index (χ4n) is 1.61. The Hall–Kier alpha value is -1.08. The molecule has 1 unspecified atom stereocenters. The smallest absolute Gasteiger partial charge is 0.404 e. The Kier molecular flexibility index (Phi) is 20.4. The van der Waals surface area contributed by atoms with E-state index in [1.165, 1.54) is 0 Å². The highest BCUT2D eigenvalue weighted by Crippen LogP contribution is 1.89. The molecule has 0 radical (unpaired) electrons. The molecule has 0 spiro atoms. The van der Waals surface area contributed by atoms with Crippen molar-refractivity contribution in [3.05, 3.63) is 0 Å². The van der Waals surface area contributed by atoms with Gasteiger partial charge in [0.15, 0.2) is 0 Å². The highest BCUT2D eigenvalue weighted by atomic mass is 19.1. The van der Waals surface area contributed by atoms with Crippen LogP contribution < -0.4 is 11.1 Å². The first-order valence-electron chi connectivity index (χ1n) is 8.94. The first-order valence-corrected chi connectivity index (χ1v) is 8.94. The lowest BCUT2D eigenvalue weighted by Gasteiger charge is -2.09. The molecule has 0 fully saturated rings. The number of hydrogen-bond donors (Lipinski definition) is 3. The maximum atomic E-state index is 12.7. The van der Waals surface area contributed by atoms with Crippen molar-refractivity contribution in [2.75, 3.05) is 92.4 Å². The van der Waals surface area contributed by atoms with Crippen LogP contribution in [0.15, 0.2) is 0 Å². The second-order valence-electron chi connectivity index (χ2n) is 5.20. The lowest BCUT2D eigenvalue weighted by atomic mass is 10.4. The Balaban J connectivity index is 3.02. The van der Waals surface area contributed by atoms with Crippen LogP contribution in [0.2, 0.25) is 0 Å². The van der Waals surface area contributed by atoms with Crippen LogP contribution >= 0.6 is 0 Å². The summed E-state index contributed by atoms with van der Waals surface area (Å²) in [7, 11) is 0. The summed E-state index contributed by atoms with van der Waals surface area (Å²) in [5.74, 6) is 0. The molecule has 0 aromatic rings. The molecule has 0 rings (SSSR count). The minimum atomic E-state index is -1.12. The number of rotatable bonds is 21. The van der Waals surface area contributed by atoms with E-state index in [-0.39, 0.29) is 19.7 Å². The van der Waals surface area contributed by atoms with Crippen molar-refractivity contribution >= 4 is 6.09 Å². The Labute approximate surface area is 159 Å². The average molecular weight is 400 g/mol. The number of carbonyl (C=O) groups is 1. The minimum absolute atomic E-state index is 0.00525. The maximum Gasteiger partial charge on any atom is 0.404 e. The SMILES string of the molecule is NCC(F)COCCOCCOCCOCCOCCOCCNC(=O)O. The van der Waals surface area contributed by atoms with E-state index in [0.717, 1.165) is 0 Å². The second-order valence-corrected chi connectivity index (χ2v) is 5.20. The summed E-state index contributed by atoms with van der Waals surface area (Å²) < 4.78 is 44.1. The van der Waals surface area contributed by atoms with Gasteiger partial charge in [0.1, 0.15) is 6.17 Å². The molecule has 0 aliphatic rings. The minimum Gasteiger partial charge on any atom is -0.465 e.